The Bertz CT molecular complexity index is 626. The lowest BCUT2D eigenvalue weighted by Gasteiger charge is -2.33. The standard InChI is InChI=1S/C19H28N4O.HI/c1-21-18(22-13-15-6-5-7-16(12-15)17(20)24)23-11-10-19(14-23)8-3-2-4-9-19;/h5-7,12H,2-4,8-11,13-14H2,1H3,(H2,20,24)(H,21,22);1H. The molecule has 0 aromatic heterocycles. The summed E-state index contributed by atoms with van der Waals surface area (Å²) in [4.78, 5) is 18.2. The van der Waals surface area contributed by atoms with Gasteiger partial charge in [-0.3, -0.25) is 9.79 Å². The van der Waals surface area contributed by atoms with Crippen LogP contribution in [0.15, 0.2) is 29.3 Å². The first kappa shape index (κ1) is 20.0. The van der Waals surface area contributed by atoms with Gasteiger partial charge in [-0.05, 0) is 42.4 Å². The third-order valence-electron chi connectivity index (χ3n) is 5.53. The molecule has 1 saturated heterocycles. The van der Waals surface area contributed by atoms with E-state index in [2.05, 4.69) is 15.2 Å². The SMILES string of the molecule is CN=C(NCc1cccc(C(N)=O)c1)N1CCC2(CCCCC2)C1.I. The molecule has 0 unspecified atom stereocenters. The van der Waals surface area contributed by atoms with Crippen LogP contribution in [0.3, 0.4) is 0 Å². The highest BCUT2D eigenvalue weighted by molar-refractivity contribution is 14.0. The molecule has 3 rings (SSSR count). The zero-order chi connectivity index (χ0) is 17.0. The molecule has 138 valence electrons. The molecule has 5 nitrogen and oxygen atoms in total. The lowest BCUT2D eigenvalue weighted by atomic mass is 9.73. The number of primary amides is 1. The summed E-state index contributed by atoms with van der Waals surface area (Å²) in [5, 5.41) is 3.44. The molecule has 0 bridgehead atoms. The van der Waals surface area contributed by atoms with E-state index < -0.39 is 0 Å². The summed E-state index contributed by atoms with van der Waals surface area (Å²) in [5.74, 6) is 0.571. The van der Waals surface area contributed by atoms with Gasteiger partial charge in [-0.15, -0.1) is 24.0 Å². The van der Waals surface area contributed by atoms with Gasteiger partial charge in [-0.2, -0.15) is 0 Å². The molecular weight excluding hydrogens is 427 g/mol. The summed E-state index contributed by atoms with van der Waals surface area (Å²) in [6.07, 6.45) is 8.15. The lowest BCUT2D eigenvalue weighted by Crippen LogP contribution is -2.41. The van der Waals surface area contributed by atoms with Gasteiger partial charge in [0.1, 0.15) is 0 Å². The fraction of sp³-hybridized carbons (Fsp3) is 0.579. The molecule has 25 heavy (non-hydrogen) atoms. The minimum atomic E-state index is -0.389. The second kappa shape index (κ2) is 8.87. The number of hydrogen-bond donors (Lipinski definition) is 2. The Kier molecular flexibility index (Phi) is 7.10. The van der Waals surface area contributed by atoms with E-state index in [1.807, 2.05) is 25.2 Å². The van der Waals surface area contributed by atoms with Gasteiger partial charge in [0.25, 0.3) is 0 Å². The van der Waals surface area contributed by atoms with Crippen LogP contribution in [0.2, 0.25) is 0 Å². The van der Waals surface area contributed by atoms with Crippen LogP contribution in [-0.2, 0) is 6.54 Å². The zero-order valence-electron chi connectivity index (χ0n) is 15.0. The Labute approximate surface area is 167 Å². The quantitative estimate of drug-likeness (QED) is 0.417. The van der Waals surface area contributed by atoms with Gasteiger partial charge >= 0.3 is 0 Å². The van der Waals surface area contributed by atoms with Gasteiger partial charge in [0.05, 0.1) is 0 Å². The smallest absolute Gasteiger partial charge is 0.248 e. The maximum Gasteiger partial charge on any atom is 0.248 e. The molecule has 1 aromatic carbocycles. The fourth-order valence-corrected chi connectivity index (χ4v) is 4.17. The van der Waals surface area contributed by atoms with Crippen LogP contribution in [0.25, 0.3) is 0 Å². The summed E-state index contributed by atoms with van der Waals surface area (Å²) < 4.78 is 0. The third kappa shape index (κ3) is 4.86. The molecule has 6 heteroatoms. The average Bonchev–Trinajstić information content (AvgIpc) is 2.99. The molecule has 0 radical (unpaired) electrons. The number of nitrogens with one attached hydrogen (secondary N) is 1. The van der Waals surface area contributed by atoms with Crippen LogP contribution in [0.1, 0.15) is 54.4 Å². The topological polar surface area (TPSA) is 70.7 Å². The minimum absolute atomic E-state index is 0. The number of nitrogens with zero attached hydrogens (tertiary/aromatic N) is 2. The Hall–Kier alpha value is -1.31. The Morgan fingerprint density at radius 3 is 2.72 bits per heavy atom. The molecule has 1 aliphatic carbocycles. The Morgan fingerprint density at radius 1 is 1.28 bits per heavy atom. The number of carbonyl (C=O) groups excluding carboxylic acids is 1. The second-order valence-electron chi connectivity index (χ2n) is 7.20. The molecule has 3 N–H and O–H groups in total. The predicted molar refractivity (Wildman–Crippen MR) is 112 cm³/mol. The number of aliphatic imine (C=N–C) groups is 1. The molecule has 1 aliphatic heterocycles. The fourth-order valence-electron chi connectivity index (χ4n) is 4.17. The first-order chi connectivity index (χ1) is 11.6. The molecule has 2 aliphatic rings. The van der Waals surface area contributed by atoms with E-state index >= 15 is 0 Å². The second-order valence-corrected chi connectivity index (χ2v) is 7.20. The van der Waals surface area contributed by atoms with E-state index in [1.54, 1.807) is 6.07 Å². The first-order valence-corrected chi connectivity index (χ1v) is 8.96. The number of amides is 1. The maximum atomic E-state index is 11.3. The lowest BCUT2D eigenvalue weighted by molar-refractivity contribution is 0.1000. The number of carbonyl (C=O) groups is 1. The van der Waals surface area contributed by atoms with Crippen molar-refractivity contribution in [3.63, 3.8) is 0 Å². The maximum absolute atomic E-state index is 11.3. The third-order valence-corrected chi connectivity index (χ3v) is 5.53. The normalized spacial score (nSPS) is 19.6. The van der Waals surface area contributed by atoms with Gasteiger partial charge in [0.15, 0.2) is 5.96 Å². The molecular formula is C19H29IN4O. The number of halogens is 1. The zero-order valence-corrected chi connectivity index (χ0v) is 17.3. The molecule has 1 heterocycles. The molecule has 1 aromatic rings. The minimum Gasteiger partial charge on any atom is -0.366 e. The van der Waals surface area contributed by atoms with E-state index in [-0.39, 0.29) is 29.9 Å². The van der Waals surface area contributed by atoms with Crippen molar-refractivity contribution in [3.8, 4) is 0 Å². The van der Waals surface area contributed by atoms with Crippen LogP contribution in [0.5, 0.6) is 0 Å². The molecule has 0 atom stereocenters. The van der Waals surface area contributed by atoms with Crippen LogP contribution in [0, 0.1) is 5.41 Å². The van der Waals surface area contributed by atoms with Gasteiger partial charge in [-0.1, -0.05) is 31.4 Å². The molecule has 2 fully saturated rings. The van der Waals surface area contributed by atoms with Gasteiger partial charge in [0, 0.05) is 32.2 Å². The molecule has 1 spiro atoms. The van der Waals surface area contributed by atoms with Crippen molar-refractivity contribution in [3.05, 3.63) is 35.4 Å². The van der Waals surface area contributed by atoms with Crippen LogP contribution >= 0.6 is 24.0 Å². The van der Waals surface area contributed by atoms with Gasteiger partial charge < -0.3 is 16.0 Å². The number of likely N-dealkylation sites (tertiary alicyclic amines) is 1. The summed E-state index contributed by atoms with van der Waals surface area (Å²) in [7, 11) is 1.84. The highest BCUT2D eigenvalue weighted by Crippen LogP contribution is 2.43. The highest BCUT2D eigenvalue weighted by atomic mass is 127. The molecule has 1 amide bonds. The highest BCUT2D eigenvalue weighted by Gasteiger charge is 2.39. The molecule has 1 saturated carbocycles. The summed E-state index contributed by atoms with van der Waals surface area (Å²) >= 11 is 0. The number of rotatable bonds is 3. The van der Waals surface area contributed by atoms with Gasteiger partial charge in [-0.25, -0.2) is 0 Å². The van der Waals surface area contributed by atoms with Crippen molar-refractivity contribution in [2.45, 2.75) is 45.1 Å². The number of hydrogen-bond acceptors (Lipinski definition) is 2. The first-order valence-electron chi connectivity index (χ1n) is 8.96. The van der Waals surface area contributed by atoms with Crippen molar-refractivity contribution >= 4 is 35.8 Å². The van der Waals surface area contributed by atoms with Crippen molar-refractivity contribution in [2.24, 2.45) is 16.1 Å². The van der Waals surface area contributed by atoms with Crippen LogP contribution in [-0.4, -0.2) is 36.9 Å². The summed E-state index contributed by atoms with van der Waals surface area (Å²) in [5.41, 5.74) is 7.46. The van der Waals surface area contributed by atoms with E-state index in [0.29, 0.717) is 17.5 Å². The summed E-state index contributed by atoms with van der Waals surface area (Å²) in [6.45, 7) is 2.85. The van der Waals surface area contributed by atoms with Crippen LogP contribution in [0.4, 0.5) is 0 Å². The van der Waals surface area contributed by atoms with E-state index in [9.17, 15) is 4.79 Å². The van der Waals surface area contributed by atoms with E-state index in [4.69, 9.17) is 5.73 Å². The largest absolute Gasteiger partial charge is 0.366 e. The van der Waals surface area contributed by atoms with Crippen molar-refractivity contribution in [2.75, 3.05) is 20.1 Å². The number of guanidine groups is 1. The predicted octanol–water partition coefficient (Wildman–Crippen LogP) is 3.14. The van der Waals surface area contributed by atoms with Crippen molar-refractivity contribution < 1.29 is 4.79 Å². The Balaban J connectivity index is 0.00000225. The number of nitrogens with two attached hydrogens (primary N) is 1. The van der Waals surface area contributed by atoms with Crippen molar-refractivity contribution in [1.82, 2.24) is 10.2 Å². The average molecular weight is 456 g/mol. The Morgan fingerprint density at radius 2 is 2.04 bits per heavy atom. The summed E-state index contributed by atoms with van der Waals surface area (Å²) in [6, 6.07) is 7.45. The van der Waals surface area contributed by atoms with Crippen LogP contribution < -0.4 is 11.1 Å². The van der Waals surface area contributed by atoms with Crippen molar-refractivity contribution in [1.29, 1.82) is 0 Å². The monoisotopic (exact) mass is 456 g/mol. The number of benzene rings is 1. The van der Waals surface area contributed by atoms with E-state index in [1.165, 1.54) is 38.5 Å². The van der Waals surface area contributed by atoms with Gasteiger partial charge in [0.2, 0.25) is 5.91 Å². The van der Waals surface area contributed by atoms with E-state index in [0.717, 1.165) is 24.6 Å².